The molecule has 0 aliphatic rings. The number of nitrogens with two attached hydrogens (primary N) is 1. The Morgan fingerprint density at radius 2 is 1.95 bits per heavy atom. The second-order valence-corrected chi connectivity index (χ2v) is 4.05. The largest absolute Gasteiger partial charge is 0.433 e. The molecule has 2 rings (SSSR count). The van der Waals surface area contributed by atoms with Crippen molar-refractivity contribution in [2.75, 3.05) is 10.7 Å². The van der Waals surface area contributed by atoms with Gasteiger partial charge in [-0.3, -0.25) is 0 Å². The molecule has 1 aromatic heterocycles. The van der Waals surface area contributed by atoms with Crippen LogP contribution in [0.3, 0.4) is 0 Å². The molecule has 0 bridgehead atoms. The van der Waals surface area contributed by atoms with E-state index in [0.717, 1.165) is 0 Å². The van der Waals surface area contributed by atoms with Gasteiger partial charge in [0, 0.05) is 12.5 Å². The summed E-state index contributed by atoms with van der Waals surface area (Å²) >= 11 is 0. The monoisotopic (exact) mass is 295 g/mol. The summed E-state index contributed by atoms with van der Waals surface area (Å²) in [4.78, 5) is 8.40. The van der Waals surface area contributed by atoms with Gasteiger partial charge in [0.25, 0.3) is 0 Å². The van der Waals surface area contributed by atoms with Gasteiger partial charge in [-0.25, -0.2) is 15.8 Å². The number of hydrogen-bond acceptors (Lipinski definition) is 6. The lowest BCUT2D eigenvalue weighted by molar-refractivity contribution is -0.0493. The van der Waals surface area contributed by atoms with Crippen molar-refractivity contribution in [2.45, 2.75) is 20.0 Å². The van der Waals surface area contributed by atoms with Crippen LogP contribution in [0, 0.1) is 0 Å². The third-order valence-corrected chi connectivity index (χ3v) is 2.60. The molecule has 0 amide bonds. The van der Waals surface area contributed by atoms with Gasteiger partial charge < -0.3 is 15.5 Å². The molecule has 21 heavy (non-hydrogen) atoms. The van der Waals surface area contributed by atoms with Gasteiger partial charge in [0.2, 0.25) is 0 Å². The summed E-state index contributed by atoms with van der Waals surface area (Å²) in [5, 5.41) is 2.92. The number of ether oxygens (including phenoxy) is 1. The Morgan fingerprint density at radius 3 is 2.62 bits per heavy atom. The highest BCUT2D eigenvalue weighted by atomic mass is 19.3. The first-order chi connectivity index (χ1) is 10.1. The molecule has 8 heteroatoms. The molecular formula is C13H15F2N5O. The Bertz CT molecular complexity index is 587. The highest BCUT2D eigenvalue weighted by molar-refractivity contribution is 5.65. The highest BCUT2D eigenvalue weighted by Gasteiger charge is 2.10. The van der Waals surface area contributed by atoms with E-state index in [-0.39, 0.29) is 5.75 Å². The van der Waals surface area contributed by atoms with Gasteiger partial charge in [-0.15, -0.1) is 0 Å². The predicted molar refractivity (Wildman–Crippen MR) is 75.6 cm³/mol. The smallest absolute Gasteiger partial charge is 0.387 e. The fourth-order valence-electron chi connectivity index (χ4n) is 1.70. The summed E-state index contributed by atoms with van der Waals surface area (Å²) in [7, 11) is 0. The van der Waals surface area contributed by atoms with Crippen molar-refractivity contribution in [3.05, 3.63) is 36.2 Å². The second-order valence-electron chi connectivity index (χ2n) is 4.05. The highest BCUT2D eigenvalue weighted by Crippen LogP contribution is 2.28. The van der Waals surface area contributed by atoms with E-state index in [1.54, 1.807) is 24.3 Å². The molecule has 4 N–H and O–H groups in total. The van der Waals surface area contributed by atoms with E-state index in [1.165, 1.54) is 6.07 Å². The Hall–Kier alpha value is -2.48. The summed E-state index contributed by atoms with van der Waals surface area (Å²) < 4.78 is 29.2. The van der Waals surface area contributed by atoms with Crippen molar-refractivity contribution in [2.24, 2.45) is 5.84 Å². The van der Waals surface area contributed by atoms with Crippen molar-refractivity contribution in [1.82, 2.24) is 9.97 Å². The summed E-state index contributed by atoms with van der Waals surface area (Å²) in [5.74, 6) is 6.80. The molecule has 1 heterocycles. The Kier molecular flexibility index (Phi) is 4.83. The molecule has 1 aromatic carbocycles. The van der Waals surface area contributed by atoms with Crippen molar-refractivity contribution in [3.8, 4) is 5.75 Å². The number of para-hydroxylation sites is 2. The molecule has 0 atom stereocenters. The van der Waals surface area contributed by atoms with Crippen molar-refractivity contribution >= 4 is 17.3 Å². The maximum Gasteiger partial charge on any atom is 0.387 e. The molecule has 0 unspecified atom stereocenters. The fraction of sp³-hybridized carbons (Fsp3) is 0.231. The lowest BCUT2D eigenvalue weighted by Gasteiger charge is -2.13. The molecule has 2 aromatic rings. The topological polar surface area (TPSA) is 85.1 Å². The number of aromatic nitrogens is 2. The van der Waals surface area contributed by atoms with E-state index in [1.807, 2.05) is 6.92 Å². The fourth-order valence-corrected chi connectivity index (χ4v) is 1.70. The third kappa shape index (κ3) is 3.99. The third-order valence-electron chi connectivity index (χ3n) is 2.60. The number of nitrogens with one attached hydrogen (secondary N) is 2. The second kappa shape index (κ2) is 6.80. The molecule has 6 nitrogen and oxygen atoms in total. The zero-order chi connectivity index (χ0) is 15.2. The maximum atomic E-state index is 12.4. The number of rotatable bonds is 6. The first-order valence-corrected chi connectivity index (χ1v) is 6.27. The number of benzene rings is 1. The van der Waals surface area contributed by atoms with Crippen LogP contribution in [0.5, 0.6) is 5.75 Å². The van der Waals surface area contributed by atoms with E-state index >= 15 is 0 Å². The van der Waals surface area contributed by atoms with E-state index in [2.05, 4.69) is 25.4 Å². The van der Waals surface area contributed by atoms with E-state index in [9.17, 15) is 8.78 Å². The van der Waals surface area contributed by atoms with Crippen LogP contribution in [0.1, 0.15) is 12.7 Å². The number of nitrogens with zero attached hydrogens (tertiary/aromatic N) is 2. The minimum atomic E-state index is -2.90. The summed E-state index contributed by atoms with van der Waals surface area (Å²) in [6, 6.07) is 7.93. The normalized spacial score (nSPS) is 10.5. The summed E-state index contributed by atoms with van der Waals surface area (Å²) in [5.41, 5.74) is 2.81. The molecule has 0 saturated carbocycles. The summed E-state index contributed by atoms with van der Waals surface area (Å²) in [6.45, 7) is -1.00. The van der Waals surface area contributed by atoms with Crippen LogP contribution in [0.2, 0.25) is 0 Å². The maximum absolute atomic E-state index is 12.4. The van der Waals surface area contributed by atoms with E-state index in [0.29, 0.717) is 29.6 Å². The first kappa shape index (κ1) is 14.9. The van der Waals surface area contributed by atoms with Crippen molar-refractivity contribution < 1.29 is 13.5 Å². The van der Waals surface area contributed by atoms with Crippen LogP contribution in [-0.2, 0) is 6.42 Å². The van der Waals surface area contributed by atoms with Crippen molar-refractivity contribution in [1.29, 1.82) is 0 Å². The molecular weight excluding hydrogens is 280 g/mol. The number of aryl methyl sites for hydroxylation is 1. The van der Waals surface area contributed by atoms with E-state index < -0.39 is 6.61 Å². The molecule has 0 spiro atoms. The predicted octanol–water partition coefficient (Wildman–Crippen LogP) is 2.67. The Balaban J connectivity index is 2.29. The number of halogens is 2. The van der Waals surface area contributed by atoms with Gasteiger partial charge in [-0.1, -0.05) is 19.1 Å². The summed E-state index contributed by atoms with van der Waals surface area (Å²) in [6.07, 6.45) is 0.610. The molecule has 0 aliphatic heterocycles. The van der Waals surface area contributed by atoms with Gasteiger partial charge >= 0.3 is 6.61 Å². The Morgan fingerprint density at radius 1 is 1.24 bits per heavy atom. The number of anilines is 3. The lowest BCUT2D eigenvalue weighted by Crippen LogP contribution is -2.11. The van der Waals surface area contributed by atoms with Gasteiger partial charge in [0.15, 0.2) is 0 Å². The van der Waals surface area contributed by atoms with Gasteiger partial charge in [-0.05, 0) is 12.1 Å². The van der Waals surface area contributed by atoms with E-state index in [4.69, 9.17) is 5.84 Å². The number of hydrazine groups is 1. The molecule has 0 saturated heterocycles. The quantitative estimate of drug-likeness (QED) is 0.561. The van der Waals surface area contributed by atoms with Gasteiger partial charge in [-0.2, -0.15) is 8.78 Å². The molecule has 0 radical (unpaired) electrons. The first-order valence-electron chi connectivity index (χ1n) is 6.27. The van der Waals surface area contributed by atoms with Gasteiger partial charge in [0.1, 0.15) is 23.2 Å². The SMILES string of the molecule is CCc1nc(NN)cc(Nc2ccccc2OC(F)F)n1. The average molecular weight is 295 g/mol. The van der Waals surface area contributed by atoms with Crippen LogP contribution in [-0.4, -0.2) is 16.6 Å². The minimum Gasteiger partial charge on any atom is -0.433 e. The van der Waals surface area contributed by atoms with Crippen LogP contribution in [0.15, 0.2) is 30.3 Å². The van der Waals surface area contributed by atoms with Crippen molar-refractivity contribution in [3.63, 3.8) is 0 Å². The lowest BCUT2D eigenvalue weighted by atomic mass is 10.3. The Labute approximate surface area is 120 Å². The molecule has 112 valence electrons. The number of nitrogen functional groups attached to an aromatic ring is 1. The van der Waals surface area contributed by atoms with Crippen LogP contribution < -0.4 is 21.3 Å². The zero-order valence-corrected chi connectivity index (χ0v) is 11.3. The molecule has 0 fully saturated rings. The standard InChI is InChI=1S/C13H15F2N5O/c1-2-10-18-11(7-12(19-10)20-16)17-8-5-3-4-6-9(8)21-13(14)15/h3-7,13H,2,16H2,1H3,(H2,17,18,19,20). The van der Waals surface area contributed by atoms with Crippen LogP contribution in [0.4, 0.5) is 26.1 Å². The zero-order valence-electron chi connectivity index (χ0n) is 11.3. The number of alkyl halides is 2. The minimum absolute atomic E-state index is 0.0337. The average Bonchev–Trinajstić information content (AvgIpc) is 2.48. The van der Waals surface area contributed by atoms with Crippen LogP contribution >= 0.6 is 0 Å². The van der Waals surface area contributed by atoms with Crippen LogP contribution in [0.25, 0.3) is 0 Å². The van der Waals surface area contributed by atoms with Gasteiger partial charge in [0.05, 0.1) is 5.69 Å². The number of hydrogen-bond donors (Lipinski definition) is 3. The molecule has 0 aliphatic carbocycles.